The number of rotatable bonds is 6. The average molecular weight is 294 g/mol. The Kier molecular flexibility index (Phi) is 5.43. The van der Waals surface area contributed by atoms with Gasteiger partial charge >= 0.3 is 5.97 Å². The van der Waals surface area contributed by atoms with E-state index in [-0.39, 0.29) is 0 Å². The third-order valence-corrected chi connectivity index (χ3v) is 4.49. The van der Waals surface area contributed by atoms with Gasteiger partial charge in [-0.1, -0.05) is 6.07 Å². The van der Waals surface area contributed by atoms with Gasteiger partial charge < -0.3 is 15.6 Å². The van der Waals surface area contributed by atoms with E-state index < -0.39 is 16.8 Å². The van der Waals surface area contributed by atoms with Crippen LogP contribution >= 0.6 is 11.8 Å². The highest BCUT2D eigenvalue weighted by Crippen LogP contribution is 2.32. The van der Waals surface area contributed by atoms with Crippen LogP contribution in [0.2, 0.25) is 0 Å². The van der Waals surface area contributed by atoms with Crippen LogP contribution in [-0.2, 0) is 10.5 Å². The molecule has 6 heteroatoms. The minimum Gasteiger partial charge on any atom is -0.495 e. The van der Waals surface area contributed by atoms with Crippen molar-refractivity contribution in [2.45, 2.75) is 30.4 Å². The molecule has 1 aromatic carbocycles. The van der Waals surface area contributed by atoms with Gasteiger partial charge in [0.05, 0.1) is 12.7 Å². The highest BCUT2D eigenvalue weighted by Gasteiger charge is 2.32. The van der Waals surface area contributed by atoms with Crippen molar-refractivity contribution in [3.8, 4) is 11.8 Å². The highest BCUT2D eigenvalue weighted by atomic mass is 32.2. The predicted molar refractivity (Wildman–Crippen MR) is 78.7 cm³/mol. The topological polar surface area (TPSA) is 96.3 Å². The van der Waals surface area contributed by atoms with E-state index in [0.717, 1.165) is 5.56 Å². The van der Waals surface area contributed by atoms with E-state index in [0.29, 0.717) is 17.1 Å². The number of methoxy groups -OCH3 is 1. The second-order valence-corrected chi connectivity index (χ2v) is 6.48. The Hall–Kier alpha value is -1.71. The van der Waals surface area contributed by atoms with Crippen molar-refractivity contribution in [1.29, 1.82) is 5.26 Å². The molecule has 108 valence electrons. The molecule has 1 atom stereocenters. The van der Waals surface area contributed by atoms with Crippen LogP contribution in [0.4, 0.5) is 0 Å². The molecular weight excluding hydrogens is 276 g/mol. The number of carbonyl (C=O) groups is 1. The first kappa shape index (κ1) is 16.3. The fourth-order valence-corrected chi connectivity index (χ4v) is 2.57. The van der Waals surface area contributed by atoms with Crippen LogP contribution < -0.4 is 10.5 Å². The van der Waals surface area contributed by atoms with Crippen molar-refractivity contribution in [2.75, 3.05) is 7.11 Å². The van der Waals surface area contributed by atoms with Gasteiger partial charge in [0.1, 0.15) is 17.9 Å². The zero-order valence-corrected chi connectivity index (χ0v) is 12.5. The van der Waals surface area contributed by atoms with Gasteiger partial charge in [0, 0.05) is 10.5 Å². The number of thioether (sulfide) groups is 1. The molecule has 20 heavy (non-hydrogen) atoms. The minimum atomic E-state index is -1.01. The van der Waals surface area contributed by atoms with Gasteiger partial charge in [0.15, 0.2) is 0 Å². The largest absolute Gasteiger partial charge is 0.495 e. The average Bonchev–Trinajstić information content (AvgIpc) is 2.43. The maximum Gasteiger partial charge on any atom is 0.321 e. The van der Waals surface area contributed by atoms with Crippen molar-refractivity contribution in [3.63, 3.8) is 0 Å². The number of aliphatic carboxylic acids is 1. The summed E-state index contributed by atoms with van der Waals surface area (Å²) in [4.78, 5) is 10.9. The second kappa shape index (κ2) is 6.64. The number of ether oxygens (including phenoxy) is 1. The molecule has 0 saturated heterocycles. The summed E-state index contributed by atoms with van der Waals surface area (Å²) in [6.07, 6.45) is 0. The van der Waals surface area contributed by atoms with Gasteiger partial charge in [-0.25, -0.2) is 0 Å². The standard InChI is InChI=1S/C14H18N2O3S/c1-14(2,12(16)13(17)18)20-8-9-4-5-10(7-15)11(6-9)19-3/h4-6,12H,8,16H2,1-3H3,(H,17,18)/t12-/m1/s1. The molecule has 0 aliphatic heterocycles. The molecular formula is C14H18N2O3S. The summed E-state index contributed by atoms with van der Waals surface area (Å²) in [5, 5.41) is 17.9. The Morgan fingerprint density at radius 2 is 2.25 bits per heavy atom. The summed E-state index contributed by atoms with van der Waals surface area (Å²) >= 11 is 1.46. The zero-order chi connectivity index (χ0) is 15.3. The molecule has 0 heterocycles. The predicted octanol–water partition coefficient (Wildman–Crippen LogP) is 1.99. The monoisotopic (exact) mass is 294 g/mol. The normalized spacial score (nSPS) is 12.6. The number of benzene rings is 1. The Bertz CT molecular complexity index is 538. The Morgan fingerprint density at radius 1 is 1.60 bits per heavy atom. The maximum atomic E-state index is 10.9. The lowest BCUT2D eigenvalue weighted by Crippen LogP contribution is -2.46. The SMILES string of the molecule is COc1cc(CSC(C)(C)[C@H](N)C(=O)O)ccc1C#N. The van der Waals surface area contributed by atoms with E-state index in [1.807, 2.05) is 12.1 Å². The van der Waals surface area contributed by atoms with Crippen LogP contribution in [0.3, 0.4) is 0 Å². The summed E-state index contributed by atoms with van der Waals surface area (Å²) in [5.74, 6) is 0.0987. The van der Waals surface area contributed by atoms with Crippen LogP contribution in [0.25, 0.3) is 0 Å². The smallest absolute Gasteiger partial charge is 0.321 e. The summed E-state index contributed by atoms with van der Waals surface area (Å²) in [6.45, 7) is 3.61. The van der Waals surface area contributed by atoms with Crippen molar-refractivity contribution >= 4 is 17.7 Å². The molecule has 0 aliphatic carbocycles. The molecule has 0 radical (unpaired) electrons. The van der Waals surface area contributed by atoms with Gasteiger partial charge in [0.2, 0.25) is 0 Å². The molecule has 5 nitrogen and oxygen atoms in total. The van der Waals surface area contributed by atoms with Gasteiger partial charge in [-0.15, -0.1) is 11.8 Å². The summed E-state index contributed by atoms with van der Waals surface area (Å²) in [6, 6.07) is 6.42. The third kappa shape index (κ3) is 3.89. The van der Waals surface area contributed by atoms with Crippen LogP contribution in [0.5, 0.6) is 5.75 Å². The molecule has 0 fully saturated rings. The highest BCUT2D eigenvalue weighted by molar-refractivity contribution is 7.99. The van der Waals surface area contributed by atoms with Crippen LogP contribution in [0.1, 0.15) is 25.0 Å². The van der Waals surface area contributed by atoms with Crippen LogP contribution in [0, 0.1) is 11.3 Å². The molecule has 0 aromatic heterocycles. The van der Waals surface area contributed by atoms with Crippen molar-refractivity contribution in [1.82, 2.24) is 0 Å². The number of carboxylic acids is 1. The quantitative estimate of drug-likeness (QED) is 0.833. The summed E-state index contributed by atoms with van der Waals surface area (Å²) < 4.78 is 4.55. The fraction of sp³-hybridized carbons (Fsp3) is 0.429. The van der Waals surface area contributed by atoms with Crippen molar-refractivity contribution < 1.29 is 14.6 Å². The fourth-order valence-electron chi connectivity index (χ4n) is 1.57. The molecule has 0 aliphatic rings. The summed E-state index contributed by atoms with van der Waals surface area (Å²) in [5.41, 5.74) is 7.10. The maximum absolute atomic E-state index is 10.9. The first-order valence-electron chi connectivity index (χ1n) is 6.01. The van der Waals surface area contributed by atoms with Crippen molar-refractivity contribution in [3.05, 3.63) is 29.3 Å². The molecule has 1 aromatic rings. The molecule has 1 rings (SSSR count). The number of hydrogen-bond acceptors (Lipinski definition) is 5. The second-order valence-electron chi connectivity index (χ2n) is 4.85. The van der Waals surface area contributed by atoms with E-state index in [4.69, 9.17) is 20.8 Å². The molecule has 0 spiro atoms. The van der Waals surface area contributed by atoms with Crippen LogP contribution in [0.15, 0.2) is 18.2 Å². The number of nitriles is 1. The number of nitrogens with zero attached hydrogens (tertiary/aromatic N) is 1. The van der Waals surface area contributed by atoms with E-state index in [1.165, 1.54) is 18.9 Å². The number of carboxylic acid groups (broad SMARTS) is 1. The van der Waals surface area contributed by atoms with Gasteiger partial charge in [0.25, 0.3) is 0 Å². The lowest BCUT2D eigenvalue weighted by atomic mass is 10.1. The Morgan fingerprint density at radius 3 is 2.75 bits per heavy atom. The zero-order valence-electron chi connectivity index (χ0n) is 11.7. The lowest BCUT2D eigenvalue weighted by Gasteiger charge is -2.28. The minimum absolute atomic E-state index is 0.475. The summed E-state index contributed by atoms with van der Waals surface area (Å²) in [7, 11) is 1.51. The van der Waals surface area contributed by atoms with Gasteiger partial charge in [-0.05, 0) is 31.5 Å². The van der Waals surface area contributed by atoms with E-state index >= 15 is 0 Å². The van der Waals surface area contributed by atoms with Gasteiger partial charge in [-0.2, -0.15) is 5.26 Å². The molecule has 0 unspecified atom stereocenters. The molecule has 0 amide bonds. The first-order valence-corrected chi connectivity index (χ1v) is 6.99. The first-order chi connectivity index (χ1) is 9.31. The van der Waals surface area contributed by atoms with E-state index in [9.17, 15) is 4.79 Å². The Labute approximate surface area is 122 Å². The van der Waals surface area contributed by atoms with E-state index in [2.05, 4.69) is 0 Å². The van der Waals surface area contributed by atoms with Crippen molar-refractivity contribution in [2.24, 2.45) is 5.73 Å². The molecule has 3 N–H and O–H groups in total. The molecule has 0 saturated carbocycles. The molecule has 0 bridgehead atoms. The Balaban J connectivity index is 2.80. The van der Waals surface area contributed by atoms with Crippen LogP contribution in [-0.4, -0.2) is 29.0 Å². The van der Waals surface area contributed by atoms with E-state index in [1.54, 1.807) is 26.0 Å². The lowest BCUT2D eigenvalue weighted by molar-refractivity contribution is -0.139. The van der Waals surface area contributed by atoms with Gasteiger partial charge in [-0.3, -0.25) is 4.79 Å². The number of nitrogens with two attached hydrogens (primary N) is 1. The third-order valence-electron chi connectivity index (χ3n) is 3.01. The number of hydrogen-bond donors (Lipinski definition) is 2.